The van der Waals surface area contributed by atoms with Crippen LogP contribution in [-0.4, -0.2) is 46.5 Å². The van der Waals surface area contributed by atoms with E-state index in [2.05, 4.69) is 17.6 Å². The van der Waals surface area contributed by atoms with E-state index < -0.39 is 29.3 Å². The van der Waals surface area contributed by atoms with Gasteiger partial charge in [-0.1, -0.05) is 63.8 Å². The molecule has 0 saturated carbocycles. The molecular formula is C30H51N3O4. The molecule has 0 spiro atoms. The molecule has 1 aromatic rings. The fourth-order valence-corrected chi connectivity index (χ4v) is 4.33. The van der Waals surface area contributed by atoms with Gasteiger partial charge in [0.15, 0.2) is 0 Å². The number of aryl methyl sites for hydroxylation is 2. The molecule has 0 bridgehead atoms. The number of rotatable bonds is 11. The third-order valence-corrected chi connectivity index (χ3v) is 6.42. The number of hydrogen-bond acceptors (Lipinski definition) is 4. The van der Waals surface area contributed by atoms with E-state index in [0.717, 1.165) is 36.0 Å². The molecular weight excluding hydrogens is 466 g/mol. The molecule has 2 N–H and O–H groups in total. The normalized spacial score (nSPS) is 14.4. The van der Waals surface area contributed by atoms with Gasteiger partial charge in [0.1, 0.15) is 17.7 Å². The smallest absolute Gasteiger partial charge is 0.408 e. The number of carbonyl (C=O) groups is 3. The lowest BCUT2D eigenvalue weighted by Gasteiger charge is -2.44. The lowest BCUT2D eigenvalue weighted by molar-refractivity contribution is -0.149. The Morgan fingerprint density at radius 1 is 1.00 bits per heavy atom. The maximum absolute atomic E-state index is 14.3. The van der Waals surface area contributed by atoms with Gasteiger partial charge in [0.25, 0.3) is 0 Å². The number of ether oxygens (including phenoxy) is 1. The van der Waals surface area contributed by atoms with Crippen LogP contribution in [0.4, 0.5) is 4.79 Å². The van der Waals surface area contributed by atoms with Crippen LogP contribution in [0.3, 0.4) is 0 Å². The number of benzene rings is 1. The molecule has 0 aliphatic heterocycles. The number of alkyl carbamates (subject to hydrolysis) is 1. The van der Waals surface area contributed by atoms with Crippen LogP contribution < -0.4 is 10.6 Å². The Balaban J connectivity index is 3.59. The van der Waals surface area contributed by atoms with Crippen molar-refractivity contribution in [2.75, 3.05) is 6.54 Å². The molecule has 210 valence electrons. The van der Waals surface area contributed by atoms with Gasteiger partial charge in [-0.25, -0.2) is 4.79 Å². The van der Waals surface area contributed by atoms with Crippen LogP contribution in [0.1, 0.15) is 111 Å². The molecule has 1 aromatic carbocycles. The number of carbonyl (C=O) groups excluding carboxylic acids is 3. The van der Waals surface area contributed by atoms with Crippen molar-refractivity contribution in [3.05, 3.63) is 34.9 Å². The van der Waals surface area contributed by atoms with Crippen LogP contribution >= 0.6 is 0 Å². The lowest BCUT2D eigenvalue weighted by atomic mass is 9.90. The maximum Gasteiger partial charge on any atom is 0.408 e. The molecule has 0 fully saturated rings. The number of nitrogens with one attached hydrogen (secondary N) is 2. The molecule has 0 aliphatic rings. The maximum atomic E-state index is 14.3. The summed E-state index contributed by atoms with van der Waals surface area (Å²) in [6.07, 6.45) is 2.97. The van der Waals surface area contributed by atoms with Crippen molar-refractivity contribution in [3.63, 3.8) is 0 Å². The Labute approximate surface area is 225 Å². The summed E-state index contributed by atoms with van der Waals surface area (Å²) in [7, 11) is 0. The predicted octanol–water partition coefficient (Wildman–Crippen LogP) is 6.22. The van der Waals surface area contributed by atoms with Crippen LogP contribution in [0.5, 0.6) is 0 Å². The zero-order valence-electron chi connectivity index (χ0n) is 25.1. The third kappa shape index (κ3) is 10.0. The van der Waals surface area contributed by atoms with Crippen molar-refractivity contribution in [2.45, 2.75) is 125 Å². The summed E-state index contributed by atoms with van der Waals surface area (Å²) in [5, 5.41) is 5.90. The standard InChI is InChI=1S/C30H51N3O4/c1-12-14-15-18-31-26(34)25(23-17-16-20(3)19-22(23)5)33(29(6,7)8)27(35)24(21(4)13-2)32-28(36)37-30(9,10)11/h16-17,19,21,24-25H,12-15,18H2,1-11H3,(H,31,34)(H,32,36). The minimum atomic E-state index is -0.847. The summed E-state index contributed by atoms with van der Waals surface area (Å²) in [6.45, 7) is 21.7. The summed E-state index contributed by atoms with van der Waals surface area (Å²) in [5.74, 6) is -0.690. The molecule has 0 aliphatic carbocycles. The second-order valence-electron chi connectivity index (χ2n) is 12.1. The van der Waals surface area contributed by atoms with Gasteiger partial charge >= 0.3 is 6.09 Å². The highest BCUT2D eigenvalue weighted by molar-refractivity contribution is 5.93. The fraction of sp³-hybridized carbons (Fsp3) is 0.700. The Bertz CT molecular complexity index is 914. The minimum absolute atomic E-state index is 0.169. The molecule has 0 saturated heterocycles. The van der Waals surface area contributed by atoms with Gasteiger partial charge in [0.05, 0.1) is 0 Å². The number of hydrogen-bond donors (Lipinski definition) is 2. The molecule has 7 heteroatoms. The molecule has 1 rings (SSSR count). The first-order valence-corrected chi connectivity index (χ1v) is 13.7. The summed E-state index contributed by atoms with van der Waals surface area (Å²) >= 11 is 0. The van der Waals surface area contributed by atoms with Gasteiger partial charge in [-0.3, -0.25) is 9.59 Å². The van der Waals surface area contributed by atoms with Crippen molar-refractivity contribution in [3.8, 4) is 0 Å². The summed E-state index contributed by atoms with van der Waals surface area (Å²) in [4.78, 5) is 42.5. The van der Waals surface area contributed by atoms with Crippen LogP contribution in [0.2, 0.25) is 0 Å². The van der Waals surface area contributed by atoms with Crippen molar-refractivity contribution in [2.24, 2.45) is 5.92 Å². The zero-order valence-corrected chi connectivity index (χ0v) is 25.1. The van der Waals surface area contributed by atoms with E-state index in [1.54, 1.807) is 25.7 Å². The highest BCUT2D eigenvalue weighted by Crippen LogP contribution is 2.33. The summed E-state index contributed by atoms with van der Waals surface area (Å²) in [6, 6.07) is 4.24. The first-order chi connectivity index (χ1) is 17.0. The molecule has 0 radical (unpaired) electrons. The third-order valence-electron chi connectivity index (χ3n) is 6.42. The second kappa shape index (κ2) is 13.8. The van der Waals surface area contributed by atoms with Crippen molar-refractivity contribution < 1.29 is 19.1 Å². The number of nitrogens with zero attached hydrogens (tertiary/aromatic N) is 1. The molecule has 0 aromatic heterocycles. The van der Waals surface area contributed by atoms with E-state index in [-0.39, 0.29) is 17.7 Å². The Morgan fingerprint density at radius 3 is 2.11 bits per heavy atom. The highest BCUT2D eigenvalue weighted by atomic mass is 16.6. The summed E-state index contributed by atoms with van der Waals surface area (Å²) in [5.41, 5.74) is 1.40. The average molecular weight is 518 g/mol. The van der Waals surface area contributed by atoms with Gasteiger partial charge in [-0.15, -0.1) is 0 Å². The van der Waals surface area contributed by atoms with Gasteiger partial charge in [0.2, 0.25) is 11.8 Å². The van der Waals surface area contributed by atoms with Crippen LogP contribution in [0.15, 0.2) is 18.2 Å². The molecule has 3 atom stereocenters. The van der Waals surface area contributed by atoms with E-state index in [1.807, 2.05) is 66.7 Å². The number of unbranched alkanes of at least 4 members (excludes halogenated alkanes) is 2. The van der Waals surface area contributed by atoms with Gasteiger partial charge in [-0.2, -0.15) is 0 Å². The first kappa shape index (κ1) is 32.5. The molecule has 37 heavy (non-hydrogen) atoms. The van der Waals surface area contributed by atoms with Gasteiger partial charge < -0.3 is 20.3 Å². The first-order valence-electron chi connectivity index (χ1n) is 13.7. The minimum Gasteiger partial charge on any atom is -0.444 e. The Hall–Kier alpha value is -2.57. The van der Waals surface area contributed by atoms with Crippen molar-refractivity contribution >= 4 is 17.9 Å². The molecule has 0 heterocycles. The Kier molecular flexibility index (Phi) is 12.1. The van der Waals surface area contributed by atoms with Crippen molar-refractivity contribution in [1.29, 1.82) is 0 Å². The monoisotopic (exact) mass is 517 g/mol. The number of amides is 3. The fourth-order valence-electron chi connectivity index (χ4n) is 4.33. The van der Waals surface area contributed by atoms with Crippen LogP contribution in [-0.2, 0) is 14.3 Å². The molecule has 3 amide bonds. The van der Waals surface area contributed by atoms with E-state index in [0.29, 0.717) is 13.0 Å². The van der Waals surface area contributed by atoms with E-state index >= 15 is 0 Å². The predicted molar refractivity (Wildman–Crippen MR) is 150 cm³/mol. The summed E-state index contributed by atoms with van der Waals surface area (Å²) < 4.78 is 5.48. The van der Waals surface area contributed by atoms with E-state index in [1.165, 1.54) is 0 Å². The zero-order chi connectivity index (χ0) is 28.6. The largest absolute Gasteiger partial charge is 0.444 e. The second-order valence-corrected chi connectivity index (χ2v) is 12.1. The molecule has 7 nitrogen and oxygen atoms in total. The van der Waals surface area contributed by atoms with Gasteiger partial charge in [-0.05, 0) is 78.9 Å². The van der Waals surface area contributed by atoms with Crippen LogP contribution in [0, 0.1) is 19.8 Å². The quantitative estimate of drug-likeness (QED) is 0.341. The highest BCUT2D eigenvalue weighted by Gasteiger charge is 2.43. The molecule has 3 unspecified atom stereocenters. The van der Waals surface area contributed by atoms with Gasteiger partial charge in [0, 0.05) is 12.1 Å². The topological polar surface area (TPSA) is 87.7 Å². The average Bonchev–Trinajstić information content (AvgIpc) is 2.76. The van der Waals surface area contributed by atoms with Crippen molar-refractivity contribution in [1.82, 2.24) is 15.5 Å². The van der Waals surface area contributed by atoms with Crippen LogP contribution in [0.25, 0.3) is 0 Å². The SMILES string of the molecule is CCCCCNC(=O)C(c1ccc(C)cc1C)N(C(=O)C(NC(=O)OC(C)(C)C)C(C)CC)C(C)(C)C. The lowest BCUT2D eigenvalue weighted by Crippen LogP contribution is -2.60. The van der Waals surface area contributed by atoms with E-state index in [4.69, 9.17) is 4.74 Å². The van der Waals surface area contributed by atoms with E-state index in [9.17, 15) is 14.4 Å². The Morgan fingerprint density at radius 2 is 1.62 bits per heavy atom.